The lowest BCUT2D eigenvalue weighted by atomic mass is 10.2. The van der Waals surface area contributed by atoms with Gasteiger partial charge in [0.1, 0.15) is 0 Å². The lowest BCUT2D eigenvalue weighted by Gasteiger charge is -2.06. The van der Waals surface area contributed by atoms with Crippen molar-refractivity contribution < 1.29 is 9.59 Å². The maximum absolute atomic E-state index is 11.6. The number of rotatable bonds is 2. The fourth-order valence-electron chi connectivity index (χ4n) is 1.57. The summed E-state index contributed by atoms with van der Waals surface area (Å²) in [5.74, 6) is 0.0712. The zero-order valence-electron chi connectivity index (χ0n) is 9.37. The topological polar surface area (TPSA) is 58.2 Å². The van der Waals surface area contributed by atoms with Gasteiger partial charge in [0.05, 0.1) is 0 Å². The van der Waals surface area contributed by atoms with Crippen molar-refractivity contribution in [2.75, 3.05) is 0 Å². The first-order valence-electron chi connectivity index (χ1n) is 5.43. The monoisotopic (exact) mass is 296 g/mol. The van der Waals surface area contributed by atoms with Gasteiger partial charge in [0, 0.05) is 16.0 Å². The standard InChI is InChI=1S/C12H13BrN2O2/c1-7-6-10(7)12(17)15-14-11(16)8-2-4-9(13)5-3-8/h2-5,7,10H,6H2,1H3,(H,14,16)(H,15,17)/t7-,10+/m1/s1. The van der Waals surface area contributed by atoms with Crippen molar-refractivity contribution in [1.29, 1.82) is 0 Å². The third-order valence-electron chi connectivity index (χ3n) is 2.85. The van der Waals surface area contributed by atoms with Crippen LogP contribution in [0.5, 0.6) is 0 Å². The Bertz CT molecular complexity index is 444. The molecular formula is C12H13BrN2O2. The molecule has 1 aliphatic rings. The van der Waals surface area contributed by atoms with E-state index in [9.17, 15) is 9.59 Å². The van der Waals surface area contributed by atoms with Gasteiger partial charge in [-0.2, -0.15) is 0 Å². The number of amides is 2. The fraction of sp³-hybridized carbons (Fsp3) is 0.333. The molecule has 1 saturated carbocycles. The Morgan fingerprint density at radius 1 is 1.24 bits per heavy atom. The van der Waals surface area contributed by atoms with Crippen LogP contribution >= 0.6 is 15.9 Å². The van der Waals surface area contributed by atoms with E-state index in [0.29, 0.717) is 11.5 Å². The van der Waals surface area contributed by atoms with Gasteiger partial charge in [-0.25, -0.2) is 0 Å². The van der Waals surface area contributed by atoms with Gasteiger partial charge in [-0.1, -0.05) is 22.9 Å². The summed E-state index contributed by atoms with van der Waals surface area (Å²) in [5.41, 5.74) is 5.36. The quantitative estimate of drug-likeness (QED) is 0.819. The van der Waals surface area contributed by atoms with Crippen LogP contribution in [-0.2, 0) is 4.79 Å². The summed E-state index contributed by atoms with van der Waals surface area (Å²) in [4.78, 5) is 23.1. The maximum atomic E-state index is 11.6. The van der Waals surface area contributed by atoms with Gasteiger partial charge in [0.25, 0.3) is 5.91 Å². The van der Waals surface area contributed by atoms with Crippen LogP contribution in [0, 0.1) is 11.8 Å². The number of carbonyl (C=O) groups excluding carboxylic acids is 2. The minimum atomic E-state index is -0.306. The molecule has 0 bridgehead atoms. The molecular weight excluding hydrogens is 284 g/mol. The summed E-state index contributed by atoms with van der Waals surface area (Å²) >= 11 is 3.29. The van der Waals surface area contributed by atoms with Crippen LogP contribution in [-0.4, -0.2) is 11.8 Å². The molecule has 2 amide bonds. The average Bonchev–Trinajstić information content (AvgIpc) is 3.04. The molecule has 17 heavy (non-hydrogen) atoms. The molecule has 1 aromatic rings. The van der Waals surface area contributed by atoms with Crippen molar-refractivity contribution in [3.05, 3.63) is 34.3 Å². The molecule has 0 radical (unpaired) electrons. The number of halogens is 1. The highest BCUT2D eigenvalue weighted by Gasteiger charge is 2.39. The van der Waals surface area contributed by atoms with E-state index >= 15 is 0 Å². The molecule has 0 spiro atoms. The first kappa shape index (κ1) is 12.1. The van der Waals surface area contributed by atoms with Crippen LogP contribution in [0.15, 0.2) is 28.7 Å². The summed E-state index contributed by atoms with van der Waals surface area (Å²) in [6.07, 6.45) is 0.903. The molecule has 2 rings (SSSR count). The van der Waals surface area contributed by atoms with E-state index in [1.54, 1.807) is 24.3 Å². The van der Waals surface area contributed by atoms with E-state index in [2.05, 4.69) is 26.8 Å². The van der Waals surface area contributed by atoms with Gasteiger partial charge in [0.2, 0.25) is 5.91 Å². The minimum absolute atomic E-state index is 0.0558. The lowest BCUT2D eigenvalue weighted by Crippen LogP contribution is -2.42. The van der Waals surface area contributed by atoms with Gasteiger partial charge in [-0.15, -0.1) is 0 Å². The van der Waals surface area contributed by atoms with Crippen LogP contribution in [0.1, 0.15) is 23.7 Å². The Balaban J connectivity index is 1.85. The van der Waals surface area contributed by atoms with E-state index in [-0.39, 0.29) is 17.7 Å². The van der Waals surface area contributed by atoms with Crippen LogP contribution in [0.2, 0.25) is 0 Å². The Morgan fingerprint density at radius 3 is 2.35 bits per heavy atom. The van der Waals surface area contributed by atoms with Crippen molar-refractivity contribution in [3.63, 3.8) is 0 Å². The summed E-state index contributed by atoms with van der Waals surface area (Å²) < 4.78 is 0.907. The summed E-state index contributed by atoms with van der Waals surface area (Å²) in [5, 5.41) is 0. The van der Waals surface area contributed by atoms with Crippen molar-refractivity contribution >= 4 is 27.7 Å². The van der Waals surface area contributed by atoms with Gasteiger partial charge in [0.15, 0.2) is 0 Å². The van der Waals surface area contributed by atoms with Crippen molar-refractivity contribution in [3.8, 4) is 0 Å². The molecule has 5 heteroatoms. The lowest BCUT2D eigenvalue weighted by molar-refractivity contribution is -0.123. The zero-order chi connectivity index (χ0) is 12.4. The Morgan fingerprint density at radius 2 is 1.82 bits per heavy atom. The molecule has 4 nitrogen and oxygen atoms in total. The molecule has 1 fully saturated rings. The predicted octanol–water partition coefficient (Wildman–Crippen LogP) is 1.87. The smallest absolute Gasteiger partial charge is 0.269 e. The molecule has 0 aromatic heterocycles. The van der Waals surface area contributed by atoms with Crippen LogP contribution in [0.25, 0.3) is 0 Å². The van der Waals surface area contributed by atoms with E-state index in [1.807, 2.05) is 6.92 Å². The van der Waals surface area contributed by atoms with Gasteiger partial charge < -0.3 is 0 Å². The molecule has 90 valence electrons. The predicted molar refractivity (Wildman–Crippen MR) is 67.0 cm³/mol. The third-order valence-corrected chi connectivity index (χ3v) is 3.38. The maximum Gasteiger partial charge on any atom is 0.269 e. The SMILES string of the molecule is C[C@@H]1C[C@@H]1C(=O)NNC(=O)c1ccc(Br)cc1. The molecule has 2 atom stereocenters. The Hall–Kier alpha value is -1.36. The second kappa shape index (κ2) is 4.87. The van der Waals surface area contributed by atoms with Crippen molar-refractivity contribution in [1.82, 2.24) is 10.9 Å². The van der Waals surface area contributed by atoms with Gasteiger partial charge in [-0.3, -0.25) is 20.4 Å². The summed E-state index contributed by atoms with van der Waals surface area (Å²) in [6, 6.07) is 6.93. The molecule has 0 heterocycles. The van der Waals surface area contributed by atoms with Crippen LogP contribution in [0.4, 0.5) is 0 Å². The van der Waals surface area contributed by atoms with Crippen LogP contribution < -0.4 is 10.9 Å². The van der Waals surface area contributed by atoms with E-state index in [4.69, 9.17) is 0 Å². The number of nitrogens with one attached hydrogen (secondary N) is 2. The second-order valence-electron chi connectivity index (χ2n) is 4.27. The van der Waals surface area contributed by atoms with Gasteiger partial charge >= 0.3 is 0 Å². The Kier molecular flexibility index (Phi) is 3.47. The van der Waals surface area contributed by atoms with Gasteiger partial charge in [-0.05, 0) is 36.6 Å². The number of benzene rings is 1. The normalized spacial score (nSPS) is 21.8. The van der Waals surface area contributed by atoms with E-state index in [0.717, 1.165) is 10.9 Å². The van der Waals surface area contributed by atoms with E-state index < -0.39 is 0 Å². The van der Waals surface area contributed by atoms with E-state index in [1.165, 1.54) is 0 Å². The number of hydrogen-bond acceptors (Lipinski definition) is 2. The highest BCUT2D eigenvalue weighted by atomic mass is 79.9. The van der Waals surface area contributed by atoms with Crippen molar-refractivity contribution in [2.45, 2.75) is 13.3 Å². The minimum Gasteiger partial charge on any atom is -0.273 e. The average molecular weight is 297 g/mol. The summed E-state index contributed by atoms with van der Waals surface area (Å²) in [6.45, 7) is 2.01. The number of hydrazine groups is 1. The molecule has 0 unspecified atom stereocenters. The zero-order valence-corrected chi connectivity index (χ0v) is 11.0. The molecule has 1 aromatic carbocycles. The van der Waals surface area contributed by atoms with Crippen molar-refractivity contribution in [2.24, 2.45) is 11.8 Å². The molecule has 1 aliphatic carbocycles. The second-order valence-corrected chi connectivity index (χ2v) is 5.19. The first-order valence-corrected chi connectivity index (χ1v) is 6.23. The molecule has 2 N–H and O–H groups in total. The highest BCUT2D eigenvalue weighted by molar-refractivity contribution is 9.10. The number of carbonyl (C=O) groups is 2. The molecule has 0 saturated heterocycles. The molecule has 0 aliphatic heterocycles. The largest absolute Gasteiger partial charge is 0.273 e. The first-order chi connectivity index (χ1) is 8.08. The summed E-state index contributed by atoms with van der Waals surface area (Å²) in [7, 11) is 0. The third kappa shape index (κ3) is 3.06. The Labute approximate surface area is 108 Å². The fourth-order valence-corrected chi connectivity index (χ4v) is 1.84. The highest BCUT2D eigenvalue weighted by Crippen LogP contribution is 2.37. The number of hydrogen-bond donors (Lipinski definition) is 2. The van der Waals surface area contributed by atoms with Crippen LogP contribution in [0.3, 0.4) is 0 Å².